The van der Waals surface area contributed by atoms with E-state index >= 15 is 0 Å². The van der Waals surface area contributed by atoms with Gasteiger partial charge in [-0.05, 0) is 24.6 Å². The van der Waals surface area contributed by atoms with E-state index in [-0.39, 0.29) is 30.3 Å². The molecule has 0 radical (unpaired) electrons. The van der Waals surface area contributed by atoms with Crippen molar-refractivity contribution in [1.82, 2.24) is 24.7 Å². The van der Waals surface area contributed by atoms with Crippen LogP contribution in [0.25, 0.3) is 11.0 Å². The molecule has 2 saturated heterocycles. The number of imidazole rings is 1. The molecule has 1 aromatic heterocycles. The number of amides is 3. The number of aryl methyl sites for hydroxylation is 1. The summed E-state index contributed by atoms with van der Waals surface area (Å²) >= 11 is 0. The van der Waals surface area contributed by atoms with Crippen molar-refractivity contribution < 1.29 is 14.4 Å². The Balaban J connectivity index is 1.74. The summed E-state index contributed by atoms with van der Waals surface area (Å²) in [6, 6.07) is 4.36. The molecule has 0 spiro atoms. The third-order valence-electron chi connectivity index (χ3n) is 5.26. The number of carbonyl (C=O) groups excluding carboxylic acids is 3. The number of piperazine rings is 1. The van der Waals surface area contributed by atoms with Gasteiger partial charge >= 0.3 is 5.69 Å². The largest absolute Gasteiger partial charge is 0.336 e. The van der Waals surface area contributed by atoms with Crippen LogP contribution in [0.3, 0.4) is 0 Å². The average Bonchev–Trinajstić information content (AvgIpc) is 2.92. The van der Waals surface area contributed by atoms with Crippen LogP contribution < -0.4 is 16.3 Å². The van der Waals surface area contributed by atoms with Crippen LogP contribution in [0, 0.1) is 0 Å². The van der Waals surface area contributed by atoms with E-state index in [1.165, 1.54) is 9.13 Å². The van der Waals surface area contributed by atoms with Crippen LogP contribution in [-0.4, -0.2) is 57.9 Å². The van der Waals surface area contributed by atoms with Crippen LogP contribution in [0.5, 0.6) is 0 Å². The Morgan fingerprint density at radius 3 is 2.56 bits per heavy atom. The molecule has 142 valence electrons. The lowest BCUT2D eigenvalue weighted by atomic mass is 10.1. The second-order valence-electron chi connectivity index (χ2n) is 6.92. The van der Waals surface area contributed by atoms with Gasteiger partial charge in [0.15, 0.2) is 0 Å². The molecule has 2 aliphatic heterocycles. The fourth-order valence-electron chi connectivity index (χ4n) is 3.78. The van der Waals surface area contributed by atoms with Gasteiger partial charge in [0, 0.05) is 45.2 Å². The summed E-state index contributed by atoms with van der Waals surface area (Å²) in [4.78, 5) is 50.9. The van der Waals surface area contributed by atoms with Gasteiger partial charge in [0.1, 0.15) is 6.04 Å². The SMILES string of the molecule is Cn1c(=O)n(C2CCC(=O)NC2=O)c2ccc(C(=O)N3CCNCC3)cc21. The summed E-state index contributed by atoms with van der Waals surface area (Å²) in [5.74, 6) is -0.866. The number of aromatic nitrogens is 2. The highest BCUT2D eigenvalue weighted by atomic mass is 16.2. The Morgan fingerprint density at radius 1 is 1.11 bits per heavy atom. The number of imide groups is 1. The van der Waals surface area contributed by atoms with Gasteiger partial charge in [0.05, 0.1) is 11.0 Å². The van der Waals surface area contributed by atoms with E-state index in [1.54, 1.807) is 30.1 Å². The Kier molecular flexibility index (Phi) is 4.31. The first-order chi connectivity index (χ1) is 13.0. The molecule has 3 heterocycles. The molecule has 9 nitrogen and oxygen atoms in total. The highest BCUT2D eigenvalue weighted by Crippen LogP contribution is 2.24. The number of piperidine rings is 1. The first kappa shape index (κ1) is 17.5. The zero-order valence-corrected chi connectivity index (χ0v) is 15.0. The minimum absolute atomic E-state index is 0.0698. The topological polar surface area (TPSA) is 105 Å². The van der Waals surface area contributed by atoms with Gasteiger partial charge in [-0.15, -0.1) is 0 Å². The maximum Gasteiger partial charge on any atom is 0.329 e. The van der Waals surface area contributed by atoms with Crippen molar-refractivity contribution in [3.63, 3.8) is 0 Å². The lowest BCUT2D eigenvalue weighted by molar-refractivity contribution is -0.135. The molecule has 9 heteroatoms. The minimum atomic E-state index is -0.728. The number of fused-ring (bicyclic) bond motifs is 1. The molecular weight excluding hydrogens is 350 g/mol. The van der Waals surface area contributed by atoms with E-state index in [2.05, 4.69) is 10.6 Å². The first-order valence-corrected chi connectivity index (χ1v) is 9.02. The van der Waals surface area contributed by atoms with Gasteiger partial charge in [-0.25, -0.2) is 4.79 Å². The quantitative estimate of drug-likeness (QED) is 0.684. The number of benzene rings is 1. The summed E-state index contributed by atoms with van der Waals surface area (Å²) in [5, 5.41) is 5.50. The number of hydrogen-bond donors (Lipinski definition) is 2. The van der Waals surface area contributed by atoms with E-state index in [0.29, 0.717) is 29.7 Å². The fourth-order valence-corrected chi connectivity index (χ4v) is 3.78. The van der Waals surface area contributed by atoms with E-state index in [0.717, 1.165) is 13.1 Å². The summed E-state index contributed by atoms with van der Waals surface area (Å²) in [6.45, 7) is 2.82. The first-order valence-electron chi connectivity index (χ1n) is 9.02. The standard InChI is InChI=1S/C18H21N5O4/c1-21-14-10-11(17(26)22-8-6-19-7-9-22)2-3-12(14)23(18(21)27)13-4-5-15(24)20-16(13)25/h2-3,10,13,19H,4-9H2,1H3,(H,20,24,25). The smallest absolute Gasteiger partial charge is 0.329 e. The summed E-state index contributed by atoms with van der Waals surface area (Å²) in [7, 11) is 1.62. The molecule has 0 bridgehead atoms. The van der Waals surface area contributed by atoms with Crippen molar-refractivity contribution in [2.75, 3.05) is 26.2 Å². The van der Waals surface area contributed by atoms with Crippen molar-refractivity contribution >= 4 is 28.8 Å². The van der Waals surface area contributed by atoms with Gasteiger partial charge in [0.25, 0.3) is 5.91 Å². The normalized spacial score (nSPS) is 20.8. The van der Waals surface area contributed by atoms with Crippen LogP contribution in [0.15, 0.2) is 23.0 Å². The van der Waals surface area contributed by atoms with Crippen molar-refractivity contribution in [2.45, 2.75) is 18.9 Å². The molecule has 27 heavy (non-hydrogen) atoms. The Labute approximate surface area is 154 Å². The van der Waals surface area contributed by atoms with Crippen molar-refractivity contribution in [3.8, 4) is 0 Å². The van der Waals surface area contributed by atoms with E-state index in [4.69, 9.17) is 0 Å². The van der Waals surface area contributed by atoms with Gasteiger partial charge in [-0.2, -0.15) is 0 Å². The highest BCUT2D eigenvalue weighted by Gasteiger charge is 2.31. The third kappa shape index (κ3) is 2.93. The van der Waals surface area contributed by atoms with E-state index < -0.39 is 11.9 Å². The van der Waals surface area contributed by atoms with Gasteiger partial charge in [-0.1, -0.05) is 0 Å². The molecular formula is C18H21N5O4. The number of carbonyl (C=O) groups is 3. The van der Waals surface area contributed by atoms with Gasteiger partial charge in [-0.3, -0.25) is 28.8 Å². The van der Waals surface area contributed by atoms with Crippen LogP contribution in [-0.2, 0) is 16.6 Å². The average molecular weight is 371 g/mol. The molecule has 0 saturated carbocycles. The van der Waals surface area contributed by atoms with Crippen LogP contribution >= 0.6 is 0 Å². The van der Waals surface area contributed by atoms with E-state index in [1.807, 2.05) is 0 Å². The summed E-state index contributed by atoms with van der Waals surface area (Å²) in [5.41, 5.74) is 1.34. The molecule has 2 fully saturated rings. The molecule has 4 rings (SSSR count). The molecule has 1 atom stereocenters. The molecule has 1 aromatic carbocycles. The summed E-state index contributed by atoms with van der Waals surface area (Å²) in [6.07, 6.45) is 0.476. The van der Waals surface area contributed by atoms with Crippen molar-refractivity contribution in [1.29, 1.82) is 0 Å². The van der Waals surface area contributed by atoms with Crippen LogP contribution in [0.2, 0.25) is 0 Å². The molecule has 1 unspecified atom stereocenters. The molecule has 3 amide bonds. The minimum Gasteiger partial charge on any atom is -0.336 e. The summed E-state index contributed by atoms with van der Waals surface area (Å²) < 4.78 is 2.85. The molecule has 2 N–H and O–H groups in total. The Bertz CT molecular complexity index is 999. The van der Waals surface area contributed by atoms with Crippen molar-refractivity contribution in [2.24, 2.45) is 7.05 Å². The highest BCUT2D eigenvalue weighted by molar-refractivity contribution is 6.01. The molecule has 2 aliphatic rings. The fraction of sp³-hybridized carbons (Fsp3) is 0.444. The monoisotopic (exact) mass is 371 g/mol. The predicted octanol–water partition coefficient (Wildman–Crippen LogP) is -0.637. The molecule has 2 aromatic rings. The lowest BCUT2D eigenvalue weighted by Crippen LogP contribution is -2.46. The Hall–Kier alpha value is -2.94. The number of rotatable bonds is 2. The second kappa shape index (κ2) is 6.66. The predicted molar refractivity (Wildman–Crippen MR) is 97.4 cm³/mol. The van der Waals surface area contributed by atoms with Crippen molar-refractivity contribution in [3.05, 3.63) is 34.2 Å². The molecule has 0 aliphatic carbocycles. The van der Waals surface area contributed by atoms with Gasteiger partial charge in [0.2, 0.25) is 11.8 Å². The van der Waals surface area contributed by atoms with Gasteiger partial charge < -0.3 is 10.2 Å². The lowest BCUT2D eigenvalue weighted by Gasteiger charge is -2.27. The third-order valence-corrected chi connectivity index (χ3v) is 5.26. The number of nitrogens with one attached hydrogen (secondary N) is 2. The Morgan fingerprint density at radius 2 is 1.85 bits per heavy atom. The zero-order valence-electron chi connectivity index (χ0n) is 15.0. The number of nitrogens with zero attached hydrogens (tertiary/aromatic N) is 3. The second-order valence-corrected chi connectivity index (χ2v) is 6.92. The van der Waals surface area contributed by atoms with Crippen LogP contribution in [0.1, 0.15) is 29.2 Å². The maximum absolute atomic E-state index is 12.8. The maximum atomic E-state index is 12.8. The van der Waals surface area contributed by atoms with E-state index in [9.17, 15) is 19.2 Å². The zero-order chi connectivity index (χ0) is 19.1. The van der Waals surface area contributed by atoms with Crippen LogP contribution in [0.4, 0.5) is 0 Å². The number of hydrogen-bond acceptors (Lipinski definition) is 5.